The van der Waals surface area contributed by atoms with Crippen LogP contribution >= 0.6 is 0 Å². The summed E-state index contributed by atoms with van der Waals surface area (Å²) in [5.41, 5.74) is 2.15. The molecule has 2 aliphatic rings. The predicted molar refractivity (Wildman–Crippen MR) is 159 cm³/mol. The summed E-state index contributed by atoms with van der Waals surface area (Å²) in [6.07, 6.45) is 2.47. The van der Waals surface area contributed by atoms with Crippen molar-refractivity contribution in [3.05, 3.63) is 65.6 Å². The number of halogens is 3. The lowest BCUT2D eigenvalue weighted by molar-refractivity contribution is -0.137. The van der Waals surface area contributed by atoms with Crippen molar-refractivity contribution in [1.82, 2.24) is 24.8 Å². The lowest BCUT2D eigenvalue weighted by Gasteiger charge is -2.36. The maximum Gasteiger partial charge on any atom is 0.411 e. The van der Waals surface area contributed by atoms with Gasteiger partial charge in [0.15, 0.2) is 17.5 Å². The molecule has 5 rings (SSSR count). The van der Waals surface area contributed by atoms with Crippen LogP contribution in [-0.4, -0.2) is 74.1 Å². The van der Waals surface area contributed by atoms with Crippen LogP contribution in [0.2, 0.25) is 0 Å². The van der Waals surface area contributed by atoms with E-state index in [9.17, 15) is 22.8 Å². The van der Waals surface area contributed by atoms with Crippen molar-refractivity contribution in [3.8, 4) is 11.3 Å². The zero-order valence-electron chi connectivity index (χ0n) is 25.7. The molecule has 0 bridgehead atoms. The molecule has 12 heteroatoms. The SMILES string of the molecule is CC(C)Nc1cccc(-c2cn(C3C[C@H](C(=O)N4CCC(c5cc(F)c(F)c(F)c5)CC4)N(C(=O)OC(C)(C)C)C3)nn2)c1. The molecule has 1 unspecified atom stereocenters. The Morgan fingerprint density at radius 2 is 1.73 bits per heavy atom. The van der Waals surface area contributed by atoms with Gasteiger partial charge in [-0.25, -0.2) is 22.6 Å². The van der Waals surface area contributed by atoms with Crippen molar-refractivity contribution in [1.29, 1.82) is 0 Å². The number of rotatable bonds is 6. The van der Waals surface area contributed by atoms with Gasteiger partial charge in [0.2, 0.25) is 5.91 Å². The number of aromatic nitrogens is 3. The molecule has 1 aromatic heterocycles. The number of carbonyl (C=O) groups is 2. The summed E-state index contributed by atoms with van der Waals surface area (Å²) in [7, 11) is 0. The number of anilines is 1. The molecule has 9 nitrogen and oxygen atoms in total. The first kappa shape index (κ1) is 31.3. The third-order valence-electron chi connectivity index (χ3n) is 7.97. The highest BCUT2D eigenvalue weighted by Crippen LogP contribution is 2.34. The highest BCUT2D eigenvalue weighted by Gasteiger charge is 2.44. The monoisotopic (exact) mass is 612 g/mol. The second kappa shape index (κ2) is 12.5. The maximum absolute atomic E-state index is 13.9. The molecule has 2 aliphatic heterocycles. The van der Waals surface area contributed by atoms with Crippen LogP contribution < -0.4 is 5.32 Å². The molecule has 0 radical (unpaired) electrons. The van der Waals surface area contributed by atoms with Crippen molar-refractivity contribution < 1.29 is 27.5 Å². The standard InChI is InChI=1S/C32H39F3N6O3/c1-19(2)36-23-8-6-7-21(13-23)27-18-41(38-37-27)24-16-28(40(17-24)31(43)44-32(3,4)5)30(42)39-11-9-20(10-12-39)22-14-25(33)29(35)26(34)15-22/h6-8,13-15,18-20,24,28,36H,9-12,16-17H2,1-5H3/t24?,28-/m1/s1. The molecule has 2 fully saturated rings. The van der Waals surface area contributed by atoms with Crippen LogP contribution in [0.4, 0.5) is 23.7 Å². The highest BCUT2D eigenvalue weighted by atomic mass is 19.2. The highest BCUT2D eigenvalue weighted by molar-refractivity contribution is 5.86. The van der Waals surface area contributed by atoms with Gasteiger partial charge in [-0.15, -0.1) is 5.10 Å². The minimum atomic E-state index is -1.49. The Bertz CT molecular complexity index is 1490. The molecule has 236 valence electrons. The Balaban J connectivity index is 1.31. The average molecular weight is 613 g/mol. The average Bonchev–Trinajstić information content (AvgIpc) is 3.63. The fourth-order valence-corrected chi connectivity index (χ4v) is 5.91. The molecule has 3 heterocycles. The van der Waals surface area contributed by atoms with E-state index in [4.69, 9.17) is 4.74 Å². The molecule has 44 heavy (non-hydrogen) atoms. The zero-order valence-corrected chi connectivity index (χ0v) is 25.7. The number of piperidine rings is 1. The first-order chi connectivity index (χ1) is 20.8. The van der Waals surface area contributed by atoms with Gasteiger partial charge in [-0.05, 0) is 83.2 Å². The number of ether oxygens (including phenoxy) is 1. The van der Waals surface area contributed by atoms with Gasteiger partial charge >= 0.3 is 6.09 Å². The predicted octanol–water partition coefficient (Wildman–Crippen LogP) is 6.14. The Kier molecular flexibility index (Phi) is 8.90. The normalized spacial score (nSPS) is 19.5. The van der Waals surface area contributed by atoms with Gasteiger partial charge in [0, 0.05) is 43.3 Å². The molecule has 1 N–H and O–H groups in total. The number of carbonyl (C=O) groups excluding carboxylic acids is 2. The first-order valence-electron chi connectivity index (χ1n) is 15.0. The van der Waals surface area contributed by atoms with Crippen molar-refractivity contribution in [2.24, 2.45) is 0 Å². The van der Waals surface area contributed by atoms with E-state index in [1.54, 1.807) is 30.4 Å². The summed E-state index contributed by atoms with van der Waals surface area (Å²) in [6, 6.07) is 9.11. The van der Waals surface area contributed by atoms with Crippen LogP contribution in [-0.2, 0) is 9.53 Å². The second-order valence-electron chi connectivity index (χ2n) is 12.9. The van der Waals surface area contributed by atoms with Gasteiger partial charge in [0.05, 0.1) is 12.2 Å². The Morgan fingerprint density at radius 1 is 1.05 bits per heavy atom. The first-order valence-corrected chi connectivity index (χ1v) is 15.0. The van der Waals surface area contributed by atoms with Gasteiger partial charge in [-0.1, -0.05) is 17.3 Å². The summed E-state index contributed by atoms with van der Waals surface area (Å²) in [6.45, 7) is 10.3. The summed E-state index contributed by atoms with van der Waals surface area (Å²) in [5, 5.41) is 12.1. The number of benzene rings is 2. The van der Waals surface area contributed by atoms with E-state index in [1.165, 1.54) is 4.90 Å². The molecular formula is C32H39F3N6O3. The van der Waals surface area contributed by atoms with Crippen LogP contribution in [0.1, 0.15) is 71.4 Å². The molecule has 3 aromatic rings. The van der Waals surface area contributed by atoms with Crippen LogP contribution in [0.5, 0.6) is 0 Å². The number of hydrogen-bond acceptors (Lipinski definition) is 6. The van der Waals surface area contributed by atoms with E-state index in [0.717, 1.165) is 23.4 Å². The smallest absolute Gasteiger partial charge is 0.411 e. The summed E-state index contributed by atoms with van der Waals surface area (Å²) in [4.78, 5) is 30.3. The van der Waals surface area contributed by atoms with Gasteiger partial charge in [-0.3, -0.25) is 9.69 Å². The number of amides is 2. The second-order valence-corrected chi connectivity index (χ2v) is 12.9. The van der Waals surface area contributed by atoms with Gasteiger partial charge in [0.1, 0.15) is 17.3 Å². The molecule has 0 aliphatic carbocycles. The minimum absolute atomic E-state index is 0.216. The summed E-state index contributed by atoms with van der Waals surface area (Å²) >= 11 is 0. The van der Waals surface area contributed by atoms with Crippen molar-refractivity contribution >= 4 is 17.7 Å². The van der Waals surface area contributed by atoms with Crippen molar-refractivity contribution in [3.63, 3.8) is 0 Å². The lowest BCUT2D eigenvalue weighted by atomic mass is 9.89. The molecule has 0 saturated carbocycles. The van der Waals surface area contributed by atoms with Crippen molar-refractivity contribution in [2.75, 3.05) is 25.0 Å². The maximum atomic E-state index is 13.9. The Hall–Kier alpha value is -4.09. The molecule has 2 saturated heterocycles. The molecule has 2 aromatic carbocycles. The third kappa shape index (κ3) is 7.00. The van der Waals surface area contributed by atoms with Crippen LogP contribution in [0.15, 0.2) is 42.6 Å². The van der Waals surface area contributed by atoms with Crippen LogP contribution in [0, 0.1) is 17.5 Å². The van der Waals surface area contributed by atoms with E-state index in [-0.39, 0.29) is 30.5 Å². The van der Waals surface area contributed by atoms with E-state index < -0.39 is 35.2 Å². The fourth-order valence-electron chi connectivity index (χ4n) is 5.91. The molecule has 0 spiro atoms. The number of nitrogens with zero attached hydrogens (tertiary/aromatic N) is 5. The fraction of sp³-hybridized carbons (Fsp3) is 0.500. The van der Waals surface area contributed by atoms with Gasteiger partial charge in [0.25, 0.3) is 0 Å². The zero-order chi connectivity index (χ0) is 31.8. The molecule has 2 atom stereocenters. The Labute approximate surface area is 255 Å². The van der Waals surface area contributed by atoms with Gasteiger partial charge < -0.3 is 15.0 Å². The van der Waals surface area contributed by atoms with Crippen LogP contribution in [0.25, 0.3) is 11.3 Å². The van der Waals surface area contributed by atoms with E-state index >= 15 is 0 Å². The lowest BCUT2D eigenvalue weighted by Crippen LogP contribution is -2.50. The van der Waals surface area contributed by atoms with E-state index in [2.05, 4.69) is 29.5 Å². The quantitative estimate of drug-likeness (QED) is 0.337. The minimum Gasteiger partial charge on any atom is -0.444 e. The van der Waals surface area contributed by atoms with Gasteiger partial charge in [-0.2, -0.15) is 0 Å². The largest absolute Gasteiger partial charge is 0.444 e. The van der Waals surface area contributed by atoms with Crippen LogP contribution in [0.3, 0.4) is 0 Å². The number of hydrogen-bond donors (Lipinski definition) is 1. The van der Waals surface area contributed by atoms with Crippen molar-refractivity contribution in [2.45, 2.75) is 83.5 Å². The Morgan fingerprint density at radius 3 is 2.36 bits per heavy atom. The number of nitrogens with one attached hydrogen (secondary N) is 1. The topological polar surface area (TPSA) is 92.6 Å². The molecular weight excluding hydrogens is 573 g/mol. The van der Waals surface area contributed by atoms with E-state index in [1.807, 2.05) is 30.5 Å². The number of likely N-dealkylation sites (tertiary alicyclic amines) is 2. The third-order valence-corrected chi connectivity index (χ3v) is 7.97. The summed E-state index contributed by atoms with van der Waals surface area (Å²) in [5.74, 6) is -4.37. The molecule has 2 amide bonds. The summed E-state index contributed by atoms with van der Waals surface area (Å²) < 4.78 is 48.5. The van der Waals surface area contributed by atoms with E-state index in [0.29, 0.717) is 43.6 Å².